The van der Waals surface area contributed by atoms with Gasteiger partial charge in [0.05, 0.1) is 11.4 Å². The second-order valence-corrected chi connectivity index (χ2v) is 8.77. The fraction of sp³-hybridized carbons (Fsp3) is 0.435. The van der Waals surface area contributed by atoms with Gasteiger partial charge in [-0.1, -0.05) is 44.7 Å². The molecule has 0 radical (unpaired) electrons. The first-order valence-corrected chi connectivity index (χ1v) is 10.9. The number of benzene rings is 2. The Morgan fingerprint density at radius 3 is 2.52 bits per heavy atom. The first-order chi connectivity index (χ1) is 14.8. The summed E-state index contributed by atoms with van der Waals surface area (Å²) in [6.07, 6.45) is 5.33. The molecule has 1 fully saturated rings. The molecule has 0 spiro atoms. The summed E-state index contributed by atoms with van der Waals surface area (Å²) < 4.78 is 29.0. The van der Waals surface area contributed by atoms with Crippen LogP contribution in [0.3, 0.4) is 0 Å². The summed E-state index contributed by atoms with van der Waals surface area (Å²) in [6, 6.07) is 6.15. The van der Waals surface area contributed by atoms with Gasteiger partial charge >= 0.3 is 6.03 Å². The second-order valence-electron chi connectivity index (χ2n) is 8.33. The number of aromatic hydroxyl groups is 1. The van der Waals surface area contributed by atoms with Gasteiger partial charge in [0.2, 0.25) is 0 Å². The van der Waals surface area contributed by atoms with E-state index in [0.29, 0.717) is 18.2 Å². The maximum Gasteiger partial charge on any atom is 0.323 e. The number of halogens is 3. The summed E-state index contributed by atoms with van der Waals surface area (Å²) in [5.41, 5.74) is 0.288. The molecule has 5 nitrogen and oxygen atoms in total. The SMILES string of the molecule is CC(C)CN(c1ccc(O)c(F)c1NC(=O)Nc1ccc(Cl)cc1F)C1CCCCC1. The summed E-state index contributed by atoms with van der Waals surface area (Å²) in [5, 5.41) is 15.0. The Kier molecular flexibility index (Phi) is 7.59. The van der Waals surface area contributed by atoms with Gasteiger partial charge in [-0.3, -0.25) is 0 Å². The second kappa shape index (κ2) is 10.2. The molecule has 0 saturated heterocycles. The van der Waals surface area contributed by atoms with Crippen LogP contribution in [0.1, 0.15) is 46.0 Å². The van der Waals surface area contributed by atoms with Crippen molar-refractivity contribution in [3.05, 3.63) is 47.0 Å². The number of phenols is 1. The Hall–Kier alpha value is -2.54. The predicted octanol–water partition coefficient (Wildman–Crippen LogP) is 6.76. The fourth-order valence-corrected chi connectivity index (χ4v) is 4.16. The number of hydrogen-bond donors (Lipinski definition) is 3. The fourth-order valence-electron chi connectivity index (χ4n) is 4.00. The van der Waals surface area contributed by atoms with Crippen LogP contribution in [0, 0.1) is 17.6 Å². The van der Waals surface area contributed by atoms with Crippen LogP contribution in [-0.4, -0.2) is 23.7 Å². The Morgan fingerprint density at radius 2 is 1.87 bits per heavy atom. The molecule has 0 heterocycles. The number of anilines is 3. The summed E-state index contributed by atoms with van der Waals surface area (Å²) in [7, 11) is 0. The lowest BCUT2D eigenvalue weighted by Gasteiger charge is -2.38. The monoisotopic (exact) mass is 451 g/mol. The number of nitrogens with one attached hydrogen (secondary N) is 2. The first-order valence-electron chi connectivity index (χ1n) is 10.6. The molecule has 168 valence electrons. The number of amides is 2. The Morgan fingerprint density at radius 1 is 1.16 bits per heavy atom. The van der Waals surface area contributed by atoms with Crippen LogP contribution >= 0.6 is 11.6 Å². The van der Waals surface area contributed by atoms with Gasteiger partial charge in [0.25, 0.3) is 0 Å². The molecule has 0 unspecified atom stereocenters. The van der Waals surface area contributed by atoms with E-state index >= 15 is 0 Å². The number of phenolic OH excluding ortho intramolecular Hbond substituents is 1. The van der Waals surface area contributed by atoms with Gasteiger partial charge in [-0.2, -0.15) is 0 Å². The van der Waals surface area contributed by atoms with Crippen molar-refractivity contribution in [3.63, 3.8) is 0 Å². The minimum Gasteiger partial charge on any atom is -0.505 e. The molecule has 1 saturated carbocycles. The minimum absolute atomic E-state index is 0.0877. The Bertz CT molecular complexity index is 933. The molecular formula is C23H28ClF2N3O2. The third-order valence-electron chi connectivity index (χ3n) is 5.40. The van der Waals surface area contributed by atoms with Gasteiger partial charge in [-0.05, 0) is 49.1 Å². The van der Waals surface area contributed by atoms with E-state index < -0.39 is 23.4 Å². The highest BCUT2D eigenvalue weighted by atomic mass is 35.5. The summed E-state index contributed by atoms with van der Waals surface area (Å²) in [4.78, 5) is 14.7. The van der Waals surface area contributed by atoms with Crippen molar-refractivity contribution in [2.75, 3.05) is 22.1 Å². The molecule has 2 aromatic carbocycles. The van der Waals surface area contributed by atoms with Crippen LogP contribution in [0.5, 0.6) is 5.75 Å². The van der Waals surface area contributed by atoms with Crippen LogP contribution in [0.25, 0.3) is 0 Å². The lowest BCUT2D eigenvalue weighted by molar-refractivity contribution is 0.262. The number of hydrogen-bond acceptors (Lipinski definition) is 3. The zero-order valence-electron chi connectivity index (χ0n) is 17.7. The molecule has 3 rings (SSSR count). The predicted molar refractivity (Wildman–Crippen MR) is 121 cm³/mol. The van der Waals surface area contributed by atoms with Crippen molar-refractivity contribution in [2.24, 2.45) is 5.92 Å². The molecule has 2 amide bonds. The number of rotatable bonds is 6. The van der Waals surface area contributed by atoms with Gasteiger partial charge in [0, 0.05) is 17.6 Å². The van der Waals surface area contributed by atoms with E-state index in [4.69, 9.17) is 11.6 Å². The maximum absolute atomic E-state index is 14.9. The molecule has 31 heavy (non-hydrogen) atoms. The molecule has 1 aliphatic carbocycles. The molecule has 0 bridgehead atoms. The highest BCUT2D eigenvalue weighted by molar-refractivity contribution is 6.30. The minimum atomic E-state index is -0.922. The molecule has 0 atom stereocenters. The van der Waals surface area contributed by atoms with E-state index in [-0.39, 0.29) is 22.4 Å². The molecule has 8 heteroatoms. The number of carbonyl (C=O) groups is 1. The molecule has 0 aromatic heterocycles. The van der Waals surface area contributed by atoms with Crippen molar-refractivity contribution in [1.82, 2.24) is 0 Å². The van der Waals surface area contributed by atoms with Crippen LogP contribution in [0.15, 0.2) is 30.3 Å². The van der Waals surface area contributed by atoms with Crippen LogP contribution < -0.4 is 15.5 Å². The molecular weight excluding hydrogens is 424 g/mol. The van der Waals surface area contributed by atoms with Gasteiger partial charge < -0.3 is 20.6 Å². The standard InChI is InChI=1S/C23H28ClF2N3O2/c1-14(2)13-29(16-6-4-3-5-7-16)19-10-11-20(30)21(26)22(19)28-23(31)27-18-9-8-15(24)12-17(18)25/h8-12,14,16,30H,3-7,13H2,1-2H3,(H2,27,28,31). The third kappa shape index (κ3) is 5.79. The zero-order valence-corrected chi connectivity index (χ0v) is 18.5. The van der Waals surface area contributed by atoms with Gasteiger partial charge in [0.1, 0.15) is 11.5 Å². The average Bonchev–Trinajstić information content (AvgIpc) is 2.73. The van der Waals surface area contributed by atoms with E-state index in [1.54, 1.807) is 6.07 Å². The van der Waals surface area contributed by atoms with Crippen LogP contribution in [-0.2, 0) is 0 Å². The number of urea groups is 1. The first kappa shape index (κ1) is 23.1. The summed E-state index contributed by atoms with van der Waals surface area (Å²) in [5.74, 6) is -1.88. The van der Waals surface area contributed by atoms with Crippen LogP contribution in [0.4, 0.5) is 30.6 Å². The number of carbonyl (C=O) groups excluding carboxylic acids is 1. The van der Waals surface area contributed by atoms with Crippen molar-refractivity contribution < 1.29 is 18.7 Å². The van der Waals surface area contributed by atoms with Gasteiger partial charge in [-0.15, -0.1) is 0 Å². The largest absolute Gasteiger partial charge is 0.505 e. The van der Waals surface area contributed by atoms with Crippen LogP contribution in [0.2, 0.25) is 5.02 Å². The van der Waals surface area contributed by atoms with Crippen molar-refractivity contribution >= 4 is 34.7 Å². The van der Waals surface area contributed by atoms with Crippen molar-refractivity contribution in [2.45, 2.75) is 52.0 Å². The maximum atomic E-state index is 14.9. The lowest BCUT2D eigenvalue weighted by Crippen LogP contribution is -2.40. The summed E-state index contributed by atoms with van der Waals surface area (Å²) in [6.45, 7) is 4.84. The lowest BCUT2D eigenvalue weighted by atomic mass is 9.93. The highest BCUT2D eigenvalue weighted by Crippen LogP contribution is 2.38. The zero-order chi connectivity index (χ0) is 22.5. The average molecular weight is 452 g/mol. The normalized spacial score (nSPS) is 14.5. The smallest absolute Gasteiger partial charge is 0.323 e. The van der Waals surface area contributed by atoms with Crippen molar-refractivity contribution in [3.8, 4) is 5.75 Å². The van der Waals surface area contributed by atoms with Gasteiger partial charge in [-0.25, -0.2) is 13.6 Å². The molecule has 1 aliphatic rings. The van der Waals surface area contributed by atoms with E-state index in [0.717, 1.165) is 31.7 Å². The quantitative estimate of drug-likeness (QED) is 0.454. The Balaban J connectivity index is 1.91. The van der Waals surface area contributed by atoms with E-state index in [1.807, 2.05) is 0 Å². The van der Waals surface area contributed by atoms with Crippen molar-refractivity contribution in [1.29, 1.82) is 0 Å². The molecule has 2 aromatic rings. The Labute approximate surface area is 186 Å². The highest BCUT2D eigenvalue weighted by Gasteiger charge is 2.27. The summed E-state index contributed by atoms with van der Waals surface area (Å²) >= 11 is 5.74. The van der Waals surface area contributed by atoms with E-state index in [2.05, 4.69) is 29.4 Å². The third-order valence-corrected chi connectivity index (χ3v) is 5.64. The van der Waals surface area contributed by atoms with Gasteiger partial charge in [0.15, 0.2) is 11.6 Å². The van der Waals surface area contributed by atoms with E-state index in [1.165, 1.54) is 24.6 Å². The topological polar surface area (TPSA) is 64.6 Å². The van der Waals surface area contributed by atoms with E-state index in [9.17, 15) is 18.7 Å². The molecule has 0 aliphatic heterocycles. The molecule has 3 N–H and O–H groups in total. The number of nitrogens with zero attached hydrogens (tertiary/aromatic N) is 1.